The quantitative estimate of drug-likeness (QED) is 0.780. The third-order valence-corrected chi connectivity index (χ3v) is 3.41. The molecule has 0 bridgehead atoms. The monoisotopic (exact) mass is 231 g/mol. The highest BCUT2D eigenvalue weighted by molar-refractivity contribution is 5.96. The molecule has 1 heterocycles. The van der Waals surface area contributed by atoms with Gasteiger partial charge in [0.25, 0.3) is 0 Å². The number of carbonyl (C=O) groups excluding carboxylic acids is 1. The van der Waals surface area contributed by atoms with E-state index < -0.39 is 0 Å². The summed E-state index contributed by atoms with van der Waals surface area (Å²) in [6.07, 6.45) is 2.63. The second-order valence-electron chi connectivity index (χ2n) is 5.38. The van der Waals surface area contributed by atoms with Gasteiger partial charge in [-0.1, -0.05) is 32.0 Å². The zero-order chi connectivity index (χ0) is 12.4. The molecule has 1 aliphatic heterocycles. The third kappa shape index (κ3) is 2.51. The molecule has 0 spiro atoms. The molecular formula is C15H21NO. The van der Waals surface area contributed by atoms with Gasteiger partial charge < -0.3 is 4.90 Å². The van der Waals surface area contributed by atoms with E-state index in [4.69, 9.17) is 0 Å². The number of amides is 1. The Labute approximate surface area is 104 Å². The van der Waals surface area contributed by atoms with Gasteiger partial charge in [-0.25, -0.2) is 0 Å². The molecular weight excluding hydrogens is 210 g/mol. The second kappa shape index (κ2) is 4.91. The fourth-order valence-electron chi connectivity index (χ4n) is 2.48. The predicted molar refractivity (Wildman–Crippen MR) is 71.2 cm³/mol. The minimum absolute atomic E-state index is 0.274. The molecule has 92 valence electrons. The van der Waals surface area contributed by atoms with Gasteiger partial charge in [0.2, 0.25) is 5.91 Å². The molecule has 2 nitrogen and oxygen atoms in total. The Balaban J connectivity index is 2.13. The molecule has 2 heteroatoms. The number of carbonyl (C=O) groups is 1. The van der Waals surface area contributed by atoms with E-state index in [0.29, 0.717) is 18.4 Å². The molecule has 1 aromatic carbocycles. The first-order chi connectivity index (χ1) is 8.09. The van der Waals surface area contributed by atoms with Crippen LogP contribution in [-0.4, -0.2) is 11.9 Å². The van der Waals surface area contributed by atoms with Crippen molar-refractivity contribution in [1.82, 2.24) is 0 Å². The summed E-state index contributed by atoms with van der Waals surface area (Å²) >= 11 is 0. The summed E-state index contributed by atoms with van der Waals surface area (Å²) < 4.78 is 0. The maximum Gasteiger partial charge on any atom is 0.227 e. The van der Waals surface area contributed by atoms with Crippen LogP contribution in [0.15, 0.2) is 24.3 Å². The van der Waals surface area contributed by atoms with Gasteiger partial charge in [0, 0.05) is 18.2 Å². The molecule has 0 N–H and O–H groups in total. The highest BCUT2D eigenvalue weighted by atomic mass is 16.2. The van der Waals surface area contributed by atoms with Crippen LogP contribution in [0.2, 0.25) is 0 Å². The Morgan fingerprint density at radius 2 is 2.12 bits per heavy atom. The van der Waals surface area contributed by atoms with Crippen molar-refractivity contribution in [3.05, 3.63) is 29.8 Å². The maximum absolute atomic E-state index is 12.2. The number of anilines is 1. The van der Waals surface area contributed by atoms with Crippen molar-refractivity contribution < 1.29 is 4.79 Å². The van der Waals surface area contributed by atoms with Crippen molar-refractivity contribution >= 4 is 11.6 Å². The molecule has 1 atom stereocenters. The van der Waals surface area contributed by atoms with Gasteiger partial charge >= 0.3 is 0 Å². The summed E-state index contributed by atoms with van der Waals surface area (Å²) in [5, 5.41) is 0. The van der Waals surface area contributed by atoms with Crippen LogP contribution < -0.4 is 4.90 Å². The Kier molecular flexibility index (Phi) is 3.51. The predicted octanol–water partition coefficient (Wildman–Crippen LogP) is 3.40. The van der Waals surface area contributed by atoms with Crippen LogP contribution in [0.25, 0.3) is 0 Å². The summed E-state index contributed by atoms with van der Waals surface area (Å²) in [6, 6.07) is 8.56. The summed E-state index contributed by atoms with van der Waals surface area (Å²) in [5.74, 6) is 0.864. The van der Waals surface area contributed by atoms with E-state index in [9.17, 15) is 4.79 Å². The number of nitrogens with zero attached hydrogens (tertiary/aromatic N) is 1. The summed E-state index contributed by atoms with van der Waals surface area (Å²) in [6.45, 7) is 6.45. The van der Waals surface area contributed by atoms with Gasteiger partial charge in [0.1, 0.15) is 0 Å². The van der Waals surface area contributed by atoms with E-state index in [2.05, 4.69) is 32.9 Å². The highest BCUT2D eigenvalue weighted by Crippen LogP contribution is 2.32. The van der Waals surface area contributed by atoms with Crippen LogP contribution >= 0.6 is 0 Å². The first-order valence-electron chi connectivity index (χ1n) is 6.49. The van der Waals surface area contributed by atoms with E-state index in [1.807, 2.05) is 17.0 Å². The van der Waals surface area contributed by atoms with E-state index in [1.165, 1.54) is 5.56 Å². The molecule has 2 rings (SSSR count). The number of hydrogen-bond donors (Lipinski definition) is 0. The Morgan fingerprint density at radius 3 is 2.82 bits per heavy atom. The van der Waals surface area contributed by atoms with Crippen molar-refractivity contribution in [3.8, 4) is 0 Å². The van der Waals surface area contributed by atoms with Crippen molar-refractivity contribution in [2.75, 3.05) is 4.90 Å². The van der Waals surface area contributed by atoms with E-state index in [-0.39, 0.29) is 5.91 Å². The van der Waals surface area contributed by atoms with Crippen molar-refractivity contribution in [2.45, 2.75) is 46.1 Å². The molecule has 17 heavy (non-hydrogen) atoms. The van der Waals surface area contributed by atoms with Crippen LogP contribution in [-0.2, 0) is 11.2 Å². The van der Waals surface area contributed by atoms with Gasteiger partial charge in [-0.15, -0.1) is 0 Å². The lowest BCUT2D eigenvalue weighted by Crippen LogP contribution is -2.35. The zero-order valence-corrected chi connectivity index (χ0v) is 10.9. The maximum atomic E-state index is 12.2. The lowest BCUT2D eigenvalue weighted by atomic mass is 10.1. The standard InChI is InChI=1S/C15H21NO/c1-11(2)8-9-15(17)16-12(3)10-13-6-4-5-7-14(13)16/h4-7,11-12H,8-10H2,1-3H3. The summed E-state index contributed by atoms with van der Waals surface area (Å²) in [5.41, 5.74) is 2.42. The minimum Gasteiger partial charge on any atom is -0.309 e. The van der Waals surface area contributed by atoms with Gasteiger partial charge in [-0.2, -0.15) is 0 Å². The van der Waals surface area contributed by atoms with Crippen LogP contribution in [0.5, 0.6) is 0 Å². The average molecular weight is 231 g/mol. The molecule has 1 aromatic rings. The molecule has 0 aromatic heterocycles. The summed E-state index contributed by atoms with van der Waals surface area (Å²) in [4.78, 5) is 14.2. The fraction of sp³-hybridized carbons (Fsp3) is 0.533. The number of rotatable bonds is 3. The molecule has 0 saturated heterocycles. The lowest BCUT2D eigenvalue weighted by molar-refractivity contribution is -0.119. The number of para-hydroxylation sites is 1. The van der Waals surface area contributed by atoms with Crippen LogP contribution in [0.1, 0.15) is 39.2 Å². The molecule has 0 fully saturated rings. The Morgan fingerprint density at radius 1 is 1.41 bits per heavy atom. The normalized spacial score (nSPS) is 18.6. The second-order valence-corrected chi connectivity index (χ2v) is 5.38. The van der Waals surface area contributed by atoms with Gasteiger partial charge in [-0.05, 0) is 37.3 Å². The van der Waals surface area contributed by atoms with Crippen LogP contribution in [0, 0.1) is 5.92 Å². The molecule has 0 radical (unpaired) electrons. The van der Waals surface area contributed by atoms with E-state index in [1.54, 1.807) is 0 Å². The molecule has 1 amide bonds. The minimum atomic E-state index is 0.274. The Bertz CT molecular complexity index is 411. The highest BCUT2D eigenvalue weighted by Gasteiger charge is 2.29. The number of benzene rings is 1. The lowest BCUT2D eigenvalue weighted by Gasteiger charge is -2.23. The van der Waals surface area contributed by atoms with Crippen LogP contribution in [0.3, 0.4) is 0 Å². The number of hydrogen-bond acceptors (Lipinski definition) is 1. The van der Waals surface area contributed by atoms with Crippen molar-refractivity contribution in [3.63, 3.8) is 0 Å². The summed E-state index contributed by atoms with van der Waals surface area (Å²) in [7, 11) is 0. The molecule has 0 aliphatic carbocycles. The number of fused-ring (bicyclic) bond motifs is 1. The topological polar surface area (TPSA) is 20.3 Å². The van der Waals surface area contributed by atoms with E-state index >= 15 is 0 Å². The first-order valence-corrected chi connectivity index (χ1v) is 6.49. The van der Waals surface area contributed by atoms with Crippen molar-refractivity contribution in [1.29, 1.82) is 0 Å². The molecule has 1 aliphatic rings. The smallest absolute Gasteiger partial charge is 0.227 e. The Hall–Kier alpha value is -1.31. The fourth-order valence-corrected chi connectivity index (χ4v) is 2.48. The van der Waals surface area contributed by atoms with Gasteiger partial charge in [0.15, 0.2) is 0 Å². The molecule has 1 unspecified atom stereocenters. The largest absolute Gasteiger partial charge is 0.309 e. The van der Waals surface area contributed by atoms with Crippen LogP contribution in [0.4, 0.5) is 5.69 Å². The van der Waals surface area contributed by atoms with Gasteiger partial charge in [-0.3, -0.25) is 4.79 Å². The molecule has 0 saturated carbocycles. The first kappa shape index (κ1) is 12.2. The third-order valence-electron chi connectivity index (χ3n) is 3.41. The van der Waals surface area contributed by atoms with Gasteiger partial charge in [0.05, 0.1) is 0 Å². The van der Waals surface area contributed by atoms with Crippen molar-refractivity contribution in [2.24, 2.45) is 5.92 Å². The SMILES string of the molecule is CC(C)CCC(=O)N1c2ccccc2CC1C. The average Bonchev–Trinajstić information content (AvgIpc) is 2.61. The zero-order valence-electron chi connectivity index (χ0n) is 10.9. The van der Waals surface area contributed by atoms with E-state index in [0.717, 1.165) is 18.5 Å².